The molecule has 0 aromatic carbocycles. The van der Waals surface area contributed by atoms with Crippen molar-refractivity contribution in [2.24, 2.45) is 0 Å². The van der Waals surface area contributed by atoms with Gasteiger partial charge < -0.3 is 13.7 Å². The summed E-state index contributed by atoms with van der Waals surface area (Å²) >= 11 is 0. The molecule has 1 unspecified atom stereocenters. The van der Waals surface area contributed by atoms with Crippen molar-refractivity contribution >= 4 is 5.97 Å². The van der Waals surface area contributed by atoms with Crippen molar-refractivity contribution < 1.29 is 18.5 Å². The molecule has 24 heavy (non-hydrogen) atoms. The van der Waals surface area contributed by atoms with Crippen LogP contribution in [-0.4, -0.2) is 22.6 Å². The first-order chi connectivity index (χ1) is 11.6. The molecule has 3 rings (SSSR count). The molecule has 3 heterocycles. The van der Waals surface area contributed by atoms with E-state index in [-0.39, 0.29) is 18.6 Å². The Morgan fingerprint density at radius 1 is 1.33 bits per heavy atom. The summed E-state index contributed by atoms with van der Waals surface area (Å²) in [6.45, 7) is 5.23. The zero-order valence-corrected chi connectivity index (χ0v) is 14.3. The van der Waals surface area contributed by atoms with Crippen LogP contribution < -0.4 is 0 Å². The third-order valence-electron chi connectivity index (χ3n) is 4.35. The van der Waals surface area contributed by atoms with Crippen LogP contribution in [0.1, 0.15) is 61.6 Å². The molecule has 130 valence electrons. The SMILES string of the molecule is CC(=O)OCc1ccc(CN2CCCCCC2c2cc(C)on2)o1. The molecule has 0 N–H and O–H groups in total. The highest BCUT2D eigenvalue weighted by Crippen LogP contribution is 2.31. The lowest BCUT2D eigenvalue weighted by atomic mass is 10.1. The second-order valence-electron chi connectivity index (χ2n) is 6.35. The van der Waals surface area contributed by atoms with E-state index in [0.717, 1.165) is 36.7 Å². The van der Waals surface area contributed by atoms with E-state index in [9.17, 15) is 4.79 Å². The van der Waals surface area contributed by atoms with Crippen LogP contribution in [0.15, 0.2) is 27.1 Å². The van der Waals surface area contributed by atoms with Gasteiger partial charge >= 0.3 is 5.97 Å². The summed E-state index contributed by atoms with van der Waals surface area (Å²) < 4.78 is 16.0. The Hall–Kier alpha value is -2.08. The fourth-order valence-electron chi connectivity index (χ4n) is 3.19. The van der Waals surface area contributed by atoms with Crippen molar-refractivity contribution in [3.05, 3.63) is 41.2 Å². The Morgan fingerprint density at radius 2 is 2.17 bits per heavy atom. The summed E-state index contributed by atoms with van der Waals surface area (Å²) in [6.07, 6.45) is 4.68. The van der Waals surface area contributed by atoms with Gasteiger partial charge in [-0.25, -0.2) is 0 Å². The van der Waals surface area contributed by atoms with Crippen molar-refractivity contribution in [1.29, 1.82) is 0 Å². The predicted octanol–water partition coefficient (Wildman–Crippen LogP) is 3.76. The van der Waals surface area contributed by atoms with Gasteiger partial charge in [-0.2, -0.15) is 0 Å². The van der Waals surface area contributed by atoms with Crippen LogP contribution in [0.25, 0.3) is 0 Å². The summed E-state index contributed by atoms with van der Waals surface area (Å²) in [6, 6.07) is 6.10. The van der Waals surface area contributed by atoms with Gasteiger partial charge in [-0.3, -0.25) is 9.69 Å². The molecular formula is C18H24N2O4. The number of likely N-dealkylation sites (tertiary alicyclic amines) is 1. The van der Waals surface area contributed by atoms with E-state index >= 15 is 0 Å². The number of furan rings is 1. The quantitative estimate of drug-likeness (QED) is 0.777. The largest absolute Gasteiger partial charge is 0.461 e. The molecular weight excluding hydrogens is 308 g/mol. The first-order valence-corrected chi connectivity index (χ1v) is 8.50. The lowest BCUT2D eigenvalue weighted by Gasteiger charge is -2.27. The third-order valence-corrected chi connectivity index (χ3v) is 4.35. The zero-order valence-electron chi connectivity index (χ0n) is 14.3. The number of esters is 1. The number of nitrogens with zero attached hydrogens (tertiary/aromatic N) is 2. The smallest absolute Gasteiger partial charge is 0.303 e. The Kier molecular flexibility index (Phi) is 5.35. The number of carbonyl (C=O) groups is 1. The molecule has 0 radical (unpaired) electrons. The summed E-state index contributed by atoms with van der Waals surface area (Å²) in [4.78, 5) is 13.3. The van der Waals surface area contributed by atoms with E-state index in [0.29, 0.717) is 5.76 Å². The molecule has 1 atom stereocenters. The zero-order chi connectivity index (χ0) is 16.9. The van der Waals surface area contributed by atoms with Crippen LogP contribution >= 0.6 is 0 Å². The first kappa shape index (κ1) is 16.8. The topological polar surface area (TPSA) is 68.7 Å². The second-order valence-corrected chi connectivity index (χ2v) is 6.35. The van der Waals surface area contributed by atoms with Crippen LogP contribution in [0.5, 0.6) is 0 Å². The maximum Gasteiger partial charge on any atom is 0.303 e. The Balaban J connectivity index is 1.69. The van der Waals surface area contributed by atoms with Gasteiger partial charge in [0.25, 0.3) is 0 Å². The molecule has 2 aromatic rings. The molecule has 1 aliphatic rings. The second kappa shape index (κ2) is 7.66. The van der Waals surface area contributed by atoms with E-state index in [1.54, 1.807) is 0 Å². The fourth-order valence-corrected chi connectivity index (χ4v) is 3.19. The average molecular weight is 332 g/mol. The molecule has 0 amide bonds. The molecule has 0 bridgehead atoms. The van der Waals surface area contributed by atoms with Crippen LogP contribution in [-0.2, 0) is 22.7 Å². The van der Waals surface area contributed by atoms with Crippen molar-refractivity contribution in [2.45, 2.75) is 58.7 Å². The molecule has 0 spiro atoms. The highest BCUT2D eigenvalue weighted by molar-refractivity contribution is 5.65. The lowest BCUT2D eigenvalue weighted by Crippen LogP contribution is -2.28. The van der Waals surface area contributed by atoms with E-state index in [2.05, 4.69) is 10.1 Å². The van der Waals surface area contributed by atoms with Crippen LogP contribution in [0.4, 0.5) is 0 Å². The lowest BCUT2D eigenvalue weighted by molar-refractivity contribution is -0.142. The number of ether oxygens (including phenoxy) is 1. The Labute approximate surface area is 141 Å². The Bertz CT molecular complexity index is 676. The molecule has 0 saturated carbocycles. The number of aryl methyl sites for hydroxylation is 1. The van der Waals surface area contributed by atoms with Gasteiger partial charge in [0.05, 0.1) is 12.6 Å². The van der Waals surface area contributed by atoms with E-state index < -0.39 is 0 Å². The third kappa shape index (κ3) is 4.26. The standard InChI is InChI=1S/C18H24N2O4/c1-13-10-17(19-24-13)18-6-4-3-5-9-20(18)11-15-7-8-16(23-15)12-22-14(2)21/h7-8,10,18H,3-6,9,11-12H2,1-2H3. The number of hydrogen-bond acceptors (Lipinski definition) is 6. The van der Waals surface area contributed by atoms with Crippen LogP contribution in [0.2, 0.25) is 0 Å². The number of carbonyl (C=O) groups excluding carboxylic acids is 1. The van der Waals surface area contributed by atoms with Gasteiger partial charge in [-0.05, 0) is 38.4 Å². The van der Waals surface area contributed by atoms with Gasteiger partial charge in [0, 0.05) is 13.0 Å². The molecule has 0 aliphatic carbocycles. The molecule has 6 heteroatoms. The maximum atomic E-state index is 10.9. The van der Waals surface area contributed by atoms with Crippen LogP contribution in [0.3, 0.4) is 0 Å². The van der Waals surface area contributed by atoms with Crippen molar-refractivity contribution in [3.8, 4) is 0 Å². The van der Waals surface area contributed by atoms with Gasteiger partial charge in [0.2, 0.25) is 0 Å². The predicted molar refractivity (Wildman–Crippen MR) is 87.0 cm³/mol. The van der Waals surface area contributed by atoms with Gasteiger partial charge in [-0.1, -0.05) is 18.0 Å². The van der Waals surface area contributed by atoms with Gasteiger partial charge in [-0.15, -0.1) is 0 Å². The minimum absolute atomic E-state index is 0.182. The highest BCUT2D eigenvalue weighted by atomic mass is 16.5. The van der Waals surface area contributed by atoms with Gasteiger partial charge in [0.15, 0.2) is 0 Å². The van der Waals surface area contributed by atoms with E-state index in [1.807, 2.05) is 25.1 Å². The molecule has 1 fully saturated rings. The number of rotatable bonds is 5. The van der Waals surface area contributed by atoms with E-state index in [4.69, 9.17) is 13.7 Å². The summed E-state index contributed by atoms with van der Waals surface area (Å²) in [5, 5.41) is 4.22. The van der Waals surface area contributed by atoms with Crippen molar-refractivity contribution in [2.75, 3.05) is 6.54 Å². The first-order valence-electron chi connectivity index (χ1n) is 8.50. The molecule has 6 nitrogen and oxygen atoms in total. The fraction of sp³-hybridized carbons (Fsp3) is 0.556. The van der Waals surface area contributed by atoms with Crippen LogP contribution in [0, 0.1) is 6.92 Å². The minimum Gasteiger partial charge on any atom is -0.461 e. The maximum absolute atomic E-state index is 10.9. The average Bonchev–Trinajstić information content (AvgIpc) is 3.10. The monoisotopic (exact) mass is 332 g/mol. The summed E-state index contributed by atoms with van der Waals surface area (Å²) in [5.41, 5.74) is 1.00. The van der Waals surface area contributed by atoms with Crippen molar-refractivity contribution in [3.63, 3.8) is 0 Å². The minimum atomic E-state index is -0.304. The normalized spacial score (nSPS) is 19.2. The van der Waals surface area contributed by atoms with Gasteiger partial charge in [0.1, 0.15) is 29.6 Å². The van der Waals surface area contributed by atoms with Crippen molar-refractivity contribution in [1.82, 2.24) is 10.1 Å². The number of aromatic nitrogens is 1. The Morgan fingerprint density at radius 3 is 2.92 bits per heavy atom. The molecule has 2 aromatic heterocycles. The molecule has 1 aliphatic heterocycles. The number of hydrogen-bond donors (Lipinski definition) is 0. The van der Waals surface area contributed by atoms with E-state index in [1.165, 1.54) is 26.2 Å². The summed E-state index contributed by atoms with van der Waals surface area (Å²) in [7, 11) is 0. The highest BCUT2D eigenvalue weighted by Gasteiger charge is 2.26. The molecule has 1 saturated heterocycles. The summed E-state index contributed by atoms with van der Waals surface area (Å²) in [5.74, 6) is 2.09.